The molecule has 0 bridgehead atoms. The third-order valence-corrected chi connectivity index (χ3v) is 0.808. The monoisotopic (exact) mass is 131 g/mol. The van der Waals surface area contributed by atoms with E-state index in [2.05, 4.69) is 0 Å². The molecule has 0 N–H and O–H groups in total. The Morgan fingerprint density at radius 2 is 1.78 bits per heavy atom. The first-order valence-electron chi connectivity index (χ1n) is 2.90. The fourth-order valence-electron chi connectivity index (χ4n) is 0.464. The Morgan fingerprint density at radius 3 is 1.89 bits per heavy atom. The van der Waals surface area contributed by atoms with Gasteiger partial charge in [-0.3, -0.25) is 0 Å². The maximum absolute atomic E-state index is 10.00. The van der Waals surface area contributed by atoms with Gasteiger partial charge in [-0.2, -0.15) is 0 Å². The molecule has 0 fully saturated rings. The van der Waals surface area contributed by atoms with Crippen molar-refractivity contribution in [2.45, 2.75) is 33.0 Å². The molecule has 0 saturated carbocycles. The minimum absolute atomic E-state index is 0.0575. The van der Waals surface area contributed by atoms with Gasteiger partial charge in [-0.15, -0.1) is 0 Å². The van der Waals surface area contributed by atoms with Crippen LogP contribution in [0.4, 0.5) is 0 Å². The molecule has 0 rings (SSSR count). The first-order valence-corrected chi connectivity index (χ1v) is 2.90. The summed E-state index contributed by atoms with van der Waals surface area (Å²) in [6, 6.07) is 0. The summed E-state index contributed by atoms with van der Waals surface area (Å²) in [5.74, 6) is -1.16. The molecule has 0 spiro atoms. The summed E-state index contributed by atoms with van der Waals surface area (Å²) in [4.78, 5) is 10.00. The van der Waals surface area contributed by atoms with Crippen LogP contribution >= 0.6 is 0 Å². The number of hydrogen-bond acceptors (Lipinski definition) is 2. The van der Waals surface area contributed by atoms with Gasteiger partial charge in [0, 0.05) is 0 Å². The van der Waals surface area contributed by atoms with Gasteiger partial charge in [-0.1, -0.05) is 0 Å². The lowest BCUT2D eigenvalue weighted by molar-refractivity contribution is -0.158. The molecular weight excluding hydrogens is 120 g/mol. The van der Waals surface area contributed by atoms with Crippen LogP contribution in [0.15, 0.2) is 0 Å². The molecule has 0 aromatic carbocycles. The van der Waals surface area contributed by atoms with Crippen molar-refractivity contribution in [3.8, 4) is 0 Å². The van der Waals surface area contributed by atoms with Crippen molar-refractivity contribution in [1.29, 1.82) is 0 Å². The summed E-state index contributed by atoms with van der Waals surface area (Å²) in [5, 5.41) is 10.00. The minimum atomic E-state index is -1.16. The van der Waals surface area contributed by atoms with Crippen LogP contribution in [0.1, 0.15) is 20.8 Å². The van der Waals surface area contributed by atoms with Crippen molar-refractivity contribution < 1.29 is 14.6 Å². The maximum Gasteiger partial charge on any atom is 0.383 e. The fourth-order valence-corrected chi connectivity index (χ4v) is 0.464. The fraction of sp³-hybridized carbons (Fsp3) is 0.833. The Morgan fingerprint density at radius 1 is 1.33 bits per heavy atom. The second-order valence-electron chi connectivity index (χ2n) is 2.15. The number of carbonyl (C=O) groups excluding carboxylic acids is 1. The molecule has 1 atom stereocenters. The van der Waals surface area contributed by atoms with Gasteiger partial charge in [-0.05, 0) is 20.8 Å². The second-order valence-corrected chi connectivity index (χ2v) is 2.15. The SMILES string of the molecule is CC(C)OC(C)C([O])=O. The van der Waals surface area contributed by atoms with Crippen LogP contribution in [0.25, 0.3) is 0 Å². The largest absolute Gasteiger partial charge is 0.383 e. The van der Waals surface area contributed by atoms with E-state index in [-0.39, 0.29) is 6.10 Å². The van der Waals surface area contributed by atoms with Crippen molar-refractivity contribution >= 4 is 5.97 Å². The lowest BCUT2D eigenvalue weighted by atomic mass is 10.4. The molecule has 53 valence electrons. The molecular formula is C6H11O3. The van der Waals surface area contributed by atoms with Gasteiger partial charge in [-0.25, -0.2) is 9.90 Å². The third-order valence-electron chi connectivity index (χ3n) is 0.808. The summed E-state index contributed by atoms with van der Waals surface area (Å²) in [6.45, 7) is 5.01. The van der Waals surface area contributed by atoms with Crippen LogP contribution in [0, 0.1) is 0 Å². The van der Waals surface area contributed by atoms with E-state index >= 15 is 0 Å². The van der Waals surface area contributed by atoms with Crippen molar-refractivity contribution in [2.75, 3.05) is 0 Å². The first kappa shape index (κ1) is 8.43. The molecule has 0 aromatic rings. The van der Waals surface area contributed by atoms with Gasteiger partial charge < -0.3 is 4.74 Å². The zero-order chi connectivity index (χ0) is 7.44. The molecule has 0 aliphatic heterocycles. The van der Waals surface area contributed by atoms with E-state index < -0.39 is 12.1 Å². The molecule has 3 heteroatoms. The molecule has 1 unspecified atom stereocenters. The lowest BCUT2D eigenvalue weighted by Gasteiger charge is -2.09. The van der Waals surface area contributed by atoms with Gasteiger partial charge in [0.25, 0.3) is 0 Å². The highest BCUT2D eigenvalue weighted by molar-refractivity contribution is 5.71. The van der Waals surface area contributed by atoms with Crippen molar-refractivity contribution in [1.82, 2.24) is 0 Å². The lowest BCUT2D eigenvalue weighted by Crippen LogP contribution is -2.22. The van der Waals surface area contributed by atoms with Crippen LogP contribution in [0.5, 0.6) is 0 Å². The highest BCUT2D eigenvalue weighted by Gasteiger charge is 2.13. The first-order chi connectivity index (χ1) is 4.04. The van der Waals surface area contributed by atoms with E-state index in [1.165, 1.54) is 6.92 Å². The van der Waals surface area contributed by atoms with Crippen LogP contribution in [0.2, 0.25) is 0 Å². The third kappa shape index (κ3) is 3.97. The van der Waals surface area contributed by atoms with Crippen LogP contribution in [-0.4, -0.2) is 18.2 Å². The van der Waals surface area contributed by atoms with Gasteiger partial charge in [0.1, 0.15) is 0 Å². The van der Waals surface area contributed by atoms with Crippen LogP contribution in [-0.2, 0) is 14.6 Å². The predicted octanol–water partition coefficient (Wildman–Crippen LogP) is 0.757. The summed E-state index contributed by atoms with van der Waals surface area (Å²) in [7, 11) is 0. The summed E-state index contributed by atoms with van der Waals surface area (Å²) in [5.41, 5.74) is 0. The van der Waals surface area contributed by atoms with Gasteiger partial charge >= 0.3 is 5.97 Å². The molecule has 1 radical (unpaired) electrons. The van der Waals surface area contributed by atoms with E-state index in [9.17, 15) is 9.90 Å². The molecule has 9 heavy (non-hydrogen) atoms. The molecule has 0 aromatic heterocycles. The second kappa shape index (κ2) is 3.45. The van der Waals surface area contributed by atoms with Crippen molar-refractivity contribution in [3.05, 3.63) is 0 Å². The predicted molar refractivity (Wildman–Crippen MR) is 31.4 cm³/mol. The molecule has 3 nitrogen and oxygen atoms in total. The molecule has 0 amide bonds. The van der Waals surface area contributed by atoms with E-state index in [4.69, 9.17) is 4.74 Å². The Bertz CT molecular complexity index is 98.5. The molecule has 0 aliphatic rings. The summed E-state index contributed by atoms with van der Waals surface area (Å²) in [6.07, 6.45) is -0.858. The van der Waals surface area contributed by atoms with Gasteiger partial charge in [0.2, 0.25) is 0 Å². The zero-order valence-electron chi connectivity index (χ0n) is 5.88. The van der Waals surface area contributed by atoms with Gasteiger partial charge in [0.05, 0.1) is 6.10 Å². The van der Waals surface area contributed by atoms with E-state index in [0.29, 0.717) is 0 Å². The topological polar surface area (TPSA) is 46.2 Å². The minimum Gasteiger partial charge on any atom is -0.364 e. The van der Waals surface area contributed by atoms with Crippen LogP contribution < -0.4 is 0 Å². The Kier molecular flexibility index (Phi) is 3.24. The number of ether oxygens (including phenoxy) is 1. The number of hydrogen-bond donors (Lipinski definition) is 0. The average Bonchev–Trinajstić information content (AvgIpc) is 1.63. The average molecular weight is 131 g/mol. The Labute approximate surface area is 54.6 Å². The molecule has 0 saturated heterocycles. The standard InChI is InChI=1S/C6H11O3/c1-4(2)9-5(3)6(7)8/h4-5H,1-3H3. The Hall–Kier alpha value is -0.570. The van der Waals surface area contributed by atoms with E-state index in [1.807, 2.05) is 0 Å². The van der Waals surface area contributed by atoms with Crippen LogP contribution in [0.3, 0.4) is 0 Å². The van der Waals surface area contributed by atoms with Gasteiger partial charge in [0.15, 0.2) is 6.10 Å². The summed E-state index contributed by atoms with van der Waals surface area (Å²) < 4.78 is 4.85. The quantitative estimate of drug-likeness (QED) is 0.567. The highest BCUT2D eigenvalue weighted by atomic mass is 16.5. The highest BCUT2D eigenvalue weighted by Crippen LogP contribution is 1.96. The number of carbonyl (C=O) groups is 1. The van der Waals surface area contributed by atoms with E-state index in [1.54, 1.807) is 13.8 Å². The summed E-state index contributed by atoms with van der Waals surface area (Å²) >= 11 is 0. The molecule has 0 heterocycles. The molecule has 0 aliphatic carbocycles. The zero-order valence-corrected chi connectivity index (χ0v) is 5.88. The van der Waals surface area contributed by atoms with Crippen molar-refractivity contribution in [3.63, 3.8) is 0 Å². The number of rotatable bonds is 3. The normalized spacial score (nSPS) is 13.8. The Balaban J connectivity index is 3.50. The maximum atomic E-state index is 10.00. The van der Waals surface area contributed by atoms with Crippen molar-refractivity contribution in [2.24, 2.45) is 0 Å². The van der Waals surface area contributed by atoms with E-state index in [0.717, 1.165) is 0 Å². The smallest absolute Gasteiger partial charge is 0.364 e.